The van der Waals surface area contributed by atoms with Crippen molar-refractivity contribution in [2.75, 3.05) is 13.2 Å². The van der Waals surface area contributed by atoms with E-state index in [1.165, 1.54) is 11.6 Å². The molecule has 0 spiro atoms. The number of hydrogen-bond donors (Lipinski definition) is 1. The molecular weight excluding hydrogens is 381 g/mol. The quantitative estimate of drug-likeness (QED) is 0.779. The van der Waals surface area contributed by atoms with Crippen LogP contribution in [0, 0.1) is 5.82 Å². The summed E-state index contributed by atoms with van der Waals surface area (Å²) in [7, 11) is 0. The van der Waals surface area contributed by atoms with Gasteiger partial charge in [0.1, 0.15) is 5.82 Å². The van der Waals surface area contributed by atoms with Crippen molar-refractivity contribution in [3.8, 4) is 0 Å². The maximum absolute atomic E-state index is 14.0. The molecule has 1 aliphatic rings. The second-order valence-corrected chi connectivity index (χ2v) is 7.08. The zero-order valence-corrected chi connectivity index (χ0v) is 15.0. The molecule has 1 aliphatic heterocycles. The van der Waals surface area contributed by atoms with Crippen molar-refractivity contribution in [1.29, 1.82) is 0 Å². The first kappa shape index (κ1) is 16.9. The van der Waals surface area contributed by atoms with Crippen LogP contribution >= 0.6 is 27.5 Å². The molecule has 23 heavy (non-hydrogen) atoms. The van der Waals surface area contributed by atoms with Crippen LogP contribution in [-0.4, -0.2) is 13.2 Å². The Balaban J connectivity index is 1.88. The second-order valence-electron chi connectivity index (χ2n) is 5.76. The maximum Gasteiger partial charge on any atom is 0.129 e. The topological polar surface area (TPSA) is 21.3 Å². The number of halogens is 3. The third-order valence-corrected chi connectivity index (χ3v) is 5.24. The van der Waals surface area contributed by atoms with Gasteiger partial charge in [0.2, 0.25) is 0 Å². The smallest absolute Gasteiger partial charge is 0.129 e. The summed E-state index contributed by atoms with van der Waals surface area (Å²) >= 11 is 9.68. The molecule has 5 heteroatoms. The van der Waals surface area contributed by atoms with Gasteiger partial charge in [-0.3, -0.25) is 0 Å². The molecule has 122 valence electrons. The van der Waals surface area contributed by atoms with Crippen molar-refractivity contribution in [2.24, 2.45) is 0 Å². The summed E-state index contributed by atoms with van der Waals surface area (Å²) < 4.78 is 20.6. The molecule has 3 rings (SSSR count). The van der Waals surface area contributed by atoms with Gasteiger partial charge in [-0.25, -0.2) is 4.39 Å². The second kappa shape index (κ2) is 7.31. The Labute approximate surface area is 149 Å². The van der Waals surface area contributed by atoms with E-state index in [0.717, 1.165) is 17.3 Å². The number of ether oxygens (including phenoxy) is 1. The average molecular weight is 399 g/mol. The highest BCUT2D eigenvalue weighted by Crippen LogP contribution is 2.34. The normalized spacial score (nSPS) is 17.2. The van der Waals surface area contributed by atoms with E-state index in [9.17, 15) is 4.39 Å². The van der Waals surface area contributed by atoms with Gasteiger partial charge in [-0.1, -0.05) is 45.7 Å². The van der Waals surface area contributed by atoms with E-state index in [4.69, 9.17) is 16.3 Å². The first-order valence-corrected chi connectivity index (χ1v) is 8.79. The van der Waals surface area contributed by atoms with Gasteiger partial charge in [-0.05, 0) is 42.7 Å². The average Bonchev–Trinajstić information content (AvgIpc) is 2.55. The fourth-order valence-corrected chi connectivity index (χ4v) is 3.66. The standard InChI is InChI=1S/C18H18BrClFNO/c19-14-4-1-3-13(11-14)18(7-9-23-10-8-18)22-12-15-16(20)5-2-6-17(15)21/h1-6,11,22H,7-10,12H2. The van der Waals surface area contributed by atoms with Gasteiger partial charge in [0, 0.05) is 40.4 Å². The first-order valence-electron chi connectivity index (χ1n) is 7.62. The summed E-state index contributed by atoms with van der Waals surface area (Å²) in [5.41, 5.74) is 1.46. The molecule has 1 heterocycles. The number of rotatable bonds is 4. The molecule has 0 radical (unpaired) electrons. The van der Waals surface area contributed by atoms with Crippen LogP contribution in [0.2, 0.25) is 5.02 Å². The van der Waals surface area contributed by atoms with Gasteiger partial charge in [0.15, 0.2) is 0 Å². The van der Waals surface area contributed by atoms with E-state index in [1.54, 1.807) is 12.1 Å². The van der Waals surface area contributed by atoms with Crippen LogP contribution in [0.1, 0.15) is 24.0 Å². The van der Waals surface area contributed by atoms with Crippen LogP contribution in [0.25, 0.3) is 0 Å². The first-order chi connectivity index (χ1) is 11.1. The van der Waals surface area contributed by atoms with Gasteiger partial charge >= 0.3 is 0 Å². The molecule has 2 nitrogen and oxygen atoms in total. The SMILES string of the molecule is Fc1cccc(Cl)c1CNC1(c2cccc(Br)c2)CCOCC1. The lowest BCUT2D eigenvalue weighted by molar-refractivity contribution is 0.0356. The predicted octanol–water partition coefficient (Wildman–Crippen LogP) is 5.04. The third kappa shape index (κ3) is 3.77. The highest BCUT2D eigenvalue weighted by atomic mass is 79.9. The van der Waals surface area contributed by atoms with Crippen molar-refractivity contribution in [2.45, 2.75) is 24.9 Å². The summed E-state index contributed by atoms with van der Waals surface area (Å²) in [5.74, 6) is -0.276. The maximum atomic E-state index is 14.0. The molecule has 0 aliphatic carbocycles. The molecule has 0 saturated carbocycles. The molecule has 0 atom stereocenters. The molecule has 0 amide bonds. The number of benzene rings is 2. The minimum absolute atomic E-state index is 0.229. The van der Waals surface area contributed by atoms with Gasteiger partial charge < -0.3 is 10.1 Å². The lowest BCUT2D eigenvalue weighted by Crippen LogP contribution is -2.46. The third-order valence-electron chi connectivity index (χ3n) is 4.39. The zero-order chi connectivity index (χ0) is 16.3. The lowest BCUT2D eigenvalue weighted by atomic mass is 9.82. The molecule has 1 saturated heterocycles. The molecular formula is C18H18BrClFNO. The molecule has 0 unspecified atom stereocenters. The van der Waals surface area contributed by atoms with Crippen LogP contribution in [0.15, 0.2) is 46.9 Å². The Morgan fingerprint density at radius 3 is 2.61 bits per heavy atom. The molecule has 0 bridgehead atoms. The predicted molar refractivity (Wildman–Crippen MR) is 94.1 cm³/mol. The summed E-state index contributed by atoms with van der Waals surface area (Å²) in [4.78, 5) is 0. The van der Waals surface area contributed by atoms with Crippen molar-refractivity contribution in [1.82, 2.24) is 5.32 Å². The summed E-state index contributed by atoms with van der Waals surface area (Å²) in [6.07, 6.45) is 1.69. The molecule has 1 fully saturated rings. The monoisotopic (exact) mass is 397 g/mol. The highest BCUT2D eigenvalue weighted by molar-refractivity contribution is 9.10. The van der Waals surface area contributed by atoms with Crippen molar-refractivity contribution in [3.05, 3.63) is 68.9 Å². The van der Waals surface area contributed by atoms with Gasteiger partial charge in [-0.15, -0.1) is 0 Å². The Morgan fingerprint density at radius 2 is 1.91 bits per heavy atom. The Kier molecular flexibility index (Phi) is 5.37. The van der Waals surface area contributed by atoms with Gasteiger partial charge in [0.25, 0.3) is 0 Å². The minimum atomic E-state index is -0.276. The number of hydrogen-bond acceptors (Lipinski definition) is 2. The number of nitrogens with one attached hydrogen (secondary N) is 1. The van der Waals surface area contributed by atoms with Gasteiger partial charge in [0.05, 0.1) is 0 Å². The van der Waals surface area contributed by atoms with Crippen LogP contribution in [-0.2, 0) is 16.8 Å². The zero-order valence-electron chi connectivity index (χ0n) is 12.6. The van der Waals surface area contributed by atoms with Crippen LogP contribution < -0.4 is 5.32 Å². The van der Waals surface area contributed by atoms with E-state index in [0.29, 0.717) is 30.3 Å². The minimum Gasteiger partial charge on any atom is -0.381 e. The van der Waals surface area contributed by atoms with E-state index in [-0.39, 0.29) is 11.4 Å². The Hall–Kier alpha value is -0.940. The summed E-state index contributed by atoms with van der Waals surface area (Å²) in [6.45, 7) is 1.76. The fraction of sp³-hybridized carbons (Fsp3) is 0.333. The van der Waals surface area contributed by atoms with Crippen molar-refractivity contribution >= 4 is 27.5 Å². The molecule has 1 N–H and O–H groups in total. The van der Waals surface area contributed by atoms with Crippen molar-refractivity contribution < 1.29 is 9.13 Å². The fourth-order valence-electron chi connectivity index (χ4n) is 3.03. The molecule has 2 aromatic carbocycles. The van der Waals surface area contributed by atoms with E-state index in [1.807, 2.05) is 12.1 Å². The van der Waals surface area contributed by atoms with Gasteiger partial charge in [-0.2, -0.15) is 0 Å². The van der Waals surface area contributed by atoms with E-state index in [2.05, 4.69) is 33.4 Å². The summed E-state index contributed by atoms with van der Waals surface area (Å²) in [5, 5.41) is 4.00. The van der Waals surface area contributed by atoms with Crippen LogP contribution in [0.4, 0.5) is 4.39 Å². The van der Waals surface area contributed by atoms with E-state index < -0.39 is 0 Å². The molecule has 0 aromatic heterocycles. The Morgan fingerprint density at radius 1 is 1.17 bits per heavy atom. The highest BCUT2D eigenvalue weighted by Gasteiger charge is 2.34. The summed E-state index contributed by atoms with van der Waals surface area (Å²) in [6, 6.07) is 13.0. The Bertz CT molecular complexity index is 668. The lowest BCUT2D eigenvalue weighted by Gasteiger charge is -2.39. The van der Waals surface area contributed by atoms with Crippen LogP contribution in [0.3, 0.4) is 0 Å². The van der Waals surface area contributed by atoms with Crippen molar-refractivity contribution in [3.63, 3.8) is 0 Å². The van der Waals surface area contributed by atoms with Crippen LogP contribution in [0.5, 0.6) is 0 Å². The molecule has 2 aromatic rings. The van der Waals surface area contributed by atoms with E-state index >= 15 is 0 Å². The largest absolute Gasteiger partial charge is 0.381 e.